The van der Waals surface area contributed by atoms with Gasteiger partial charge in [-0.1, -0.05) is 11.3 Å². The van der Waals surface area contributed by atoms with E-state index in [0.717, 1.165) is 17.6 Å². The van der Waals surface area contributed by atoms with Gasteiger partial charge in [-0.2, -0.15) is 0 Å². The molecular weight excluding hydrogens is 368 g/mol. The Morgan fingerprint density at radius 2 is 2.24 bits per heavy atom. The highest BCUT2D eigenvalue weighted by molar-refractivity contribution is 7.88. The molecule has 1 aromatic heterocycles. The minimum atomic E-state index is -3.32. The van der Waals surface area contributed by atoms with Crippen LogP contribution in [0, 0.1) is 16.0 Å². The predicted octanol–water partition coefficient (Wildman–Crippen LogP) is 1.81. The molecule has 1 amide bonds. The minimum absolute atomic E-state index is 0.0369. The lowest BCUT2D eigenvalue weighted by Crippen LogP contribution is -2.43. The Morgan fingerprint density at radius 3 is 2.92 bits per heavy atom. The average molecular weight is 384 g/mol. The molecule has 134 valence electrons. The van der Waals surface area contributed by atoms with Crippen LogP contribution in [0.15, 0.2) is 18.2 Å². The molecule has 1 aliphatic heterocycles. The Kier molecular flexibility index (Phi) is 4.71. The van der Waals surface area contributed by atoms with Crippen LogP contribution >= 0.6 is 11.3 Å². The van der Waals surface area contributed by atoms with Gasteiger partial charge < -0.3 is 5.32 Å². The number of thiazole rings is 1. The number of non-ortho nitro benzene ring substituents is 1. The Morgan fingerprint density at radius 1 is 1.48 bits per heavy atom. The predicted molar refractivity (Wildman–Crippen MR) is 94.0 cm³/mol. The maximum Gasteiger partial charge on any atom is 0.270 e. The molecule has 2 heterocycles. The fourth-order valence-electron chi connectivity index (χ4n) is 2.75. The standard InChI is InChI=1S/C14H16N4O5S2/c1-25(22,23)17-6-2-3-9(8-17)13(19)16-14-15-11-5-4-10(18(20)21)7-12(11)24-14/h4-5,7,9H,2-3,6,8H2,1H3,(H,15,16,19). The largest absolute Gasteiger partial charge is 0.302 e. The number of rotatable bonds is 4. The molecule has 25 heavy (non-hydrogen) atoms. The molecule has 0 bridgehead atoms. The molecule has 1 N–H and O–H groups in total. The SMILES string of the molecule is CS(=O)(=O)N1CCCC(C(=O)Nc2nc3ccc([N+](=O)[O-])cc3s2)C1. The van der Waals surface area contributed by atoms with Gasteiger partial charge in [-0.05, 0) is 18.9 Å². The number of nitrogens with zero attached hydrogens (tertiary/aromatic N) is 3. The molecule has 0 spiro atoms. The summed E-state index contributed by atoms with van der Waals surface area (Å²) in [5.41, 5.74) is 0.525. The Bertz CT molecular complexity index is 940. The normalized spacial score (nSPS) is 19.0. The number of aromatic nitrogens is 1. The third-order valence-corrected chi connectivity index (χ3v) is 6.24. The van der Waals surface area contributed by atoms with Gasteiger partial charge in [0.25, 0.3) is 5.69 Å². The lowest BCUT2D eigenvalue weighted by atomic mass is 9.99. The number of nitro groups is 1. The third kappa shape index (κ3) is 3.94. The number of nitro benzene ring substituents is 1. The van der Waals surface area contributed by atoms with Crippen LogP contribution in [0.3, 0.4) is 0 Å². The Hall–Kier alpha value is -2.11. The maximum absolute atomic E-state index is 12.4. The first kappa shape index (κ1) is 17.7. The molecule has 1 atom stereocenters. The molecule has 9 nitrogen and oxygen atoms in total. The fourth-order valence-corrected chi connectivity index (χ4v) is 4.56. The Labute approximate surface area is 147 Å². The molecule has 1 aliphatic rings. The first-order valence-electron chi connectivity index (χ1n) is 7.55. The second-order valence-electron chi connectivity index (χ2n) is 5.88. The summed E-state index contributed by atoms with van der Waals surface area (Å²) >= 11 is 1.15. The first-order chi connectivity index (χ1) is 11.7. The Balaban J connectivity index is 1.74. The van der Waals surface area contributed by atoms with E-state index < -0.39 is 20.9 Å². The summed E-state index contributed by atoms with van der Waals surface area (Å²) in [4.78, 5) is 27.0. The first-order valence-corrected chi connectivity index (χ1v) is 10.2. The number of amides is 1. The molecule has 1 fully saturated rings. The quantitative estimate of drug-likeness (QED) is 0.633. The van der Waals surface area contributed by atoms with Gasteiger partial charge in [0.15, 0.2) is 5.13 Å². The number of carbonyl (C=O) groups is 1. The van der Waals surface area contributed by atoms with Crippen molar-refractivity contribution < 1.29 is 18.1 Å². The molecule has 0 saturated carbocycles. The van der Waals surface area contributed by atoms with Gasteiger partial charge >= 0.3 is 0 Å². The summed E-state index contributed by atoms with van der Waals surface area (Å²) in [5, 5.41) is 13.9. The van der Waals surface area contributed by atoms with Crippen molar-refractivity contribution >= 4 is 48.3 Å². The summed E-state index contributed by atoms with van der Waals surface area (Å²) in [5.74, 6) is -0.730. The van der Waals surface area contributed by atoms with Crippen molar-refractivity contribution in [2.75, 3.05) is 24.7 Å². The molecule has 11 heteroatoms. The number of piperidine rings is 1. The summed E-state index contributed by atoms with van der Waals surface area (Å²) in [7, 11) is -3.32. The van der Waals surface area contributed by atoms with Crippen LogP contribution in [-0.2, 0) is 14.8 Å². The summed E-state index contributed by atoms with van der Waals surface area (Å²) in [6.07, 6.45) is 2.36. The zero-order valence-corrected chi connectivity index (χ0v) is 15.0. The van der Waals surface area contributed by atoms with Crippen LogP contribution in [0.1, 0.15) is 12.8 Å². The number of nitrogens with one attached hydrogen (secondary N) is 1. The van der Waals surface area contributed by atoms with Crippen molar-refractivity contribution in [1.29, 1.82) is 0 Å². The molecule has 1 aromatic carbocycles. The smallest absolute Gasteiger partial charge is 0.270 e. The van der Waals surface area contributed by atoms with Crippen molar-refractivity contribution in [3.63, 3.8) is 0 Å². The molecule has 2 aromatic rings. The van der Waals surface area contributed by atoms with Crippen molar-refractivity contribution in [3.05, 3.63) is 28.3 Å². The van der Waals surface area contributed by atoms with Crippen LogP contribution in [0.25, 0.3) is 10.2 Å². The molecule has 0 radical (unpaired) electrons. The number of hydrogen-bond acceptors (Lipinski definition) is 7. The summed E-state index contributed by atoms with van der Waals surface area (Å²) in [6, 6.07) is 4.30. The maximum atomic E-state index is 12.4. The second-order valence-corrected chi connectivity index (χ2v) is 8.89. The zero-order valence-electron chi connectivity index (χ0n) is 13.3. The monoisotopic (exact) mass is 384 g/mol. The van der Waals surface area contributed by atoms with Gasteiger partial charge in [0, 0.05) is 25.2 Å². The van der Waals surface area contributed by atoms with E-state index in [4.69, 9.17) is 0 Å². The molecule has 1 saturated heterocycles. The number of hydrogen-bond donors (Lipinski definition) is 1. The van der Waals surface area contributed by atoms with E-state index in [1.165, 1.54) is 22.5 Å². The van der Waals surface area contributed by atoms with Crippen LogP contribution in [-0.4, -0.2) is 47.9 Å². The van der Waals surface area contributed by atoms with Crippen LogP contribution in [0.4, 0.5) is 10.8 Å². The number of sulfonamides is 1. The fraction of sp³-hybridized carbons (Fsp3) is 0.429. The summed E-state index contributed by atoms with van der Waals surface area (Å²) < 4.78 is 25.2. The lowest BCUT2D eigenvalue weighted by Gasteiger charge is -2.29. The highest BCUT2D eigenvalue weighted by atomic mass is 32.2. The van der Waals surface area contributed by atoms with E-state index in [1.54, 1.807) is 0 Å². The van der Waals surface area contributed by atoms with E-state index >= 15 is 0 Å². The zero-order chi connectivity index (χ0) is 18.2. The van der Waals surface area contributed by atoms with E-state index in [2.05, 4.69) is 10.3 Å². The van der Waals surface area contributed by atoms with Crippen molar-refractivity contribution in [2.45, 2.75) is 12.8 Å². The number of anilines is 1. The van der Waals surface area contributed by atoms with Gasteiger partial charge in [0.2, 0.25) is 15.9 Å². The van der Waals surface area contributed by atoms with Crippen molar-refractivity contribution in [3.8, 4) is 0 Å². The van der Waals surface area contributed by atoms with Crippen molar-refractivity contribution in [2.24, 2.45) is 5.92 Å². The van der Waals surface area contributed by atoms with Crippen LogP contribution < -0.4 is 5.32 Å². The van der Waals surface area contributed by atoms with Crippen LogP contribution in [0.2, 0.25) is 0 Å². The molecular formula is C14H16N4O5S2. The number of fused-ring (bicyclic) bond motifs is 1. The third-order valence-electron chi connectivity index (χ3n) is 4.04. The van der Waals surface area contributed by atoms with E-state index in [-0.39, 0.29) is 18.1 Å². The van der Waals surface area contributed by atoms with Gasteiger partial charge in [0.05, 0.1) is 27.3 Å². The van der Waals surface area contributed by atoms with E-state index in [1.807, 2.05) is 0 Å². The van der Waals surface area contributed by atoms with Gasteiger partial charge in [-0.3, -0.25) is 14.9 Å². The molecule has 1 unspecified atom stereocenters. The molecule has 3 rings (SSSR count). The number of carbonyl (C=O) groups excluding carboxylic acids is 1. The van der Waals surface area contributed by atoms with Gasteiger partial charge in [0.1, 0.15) is 0 Å². The summed E-state index contributed by atoms with van der Waals surface area (Å²) in [6.45, 7) is 0.578. The van der Waals surface area contributed by atoms with Crippen molar-refractivity contribution in [1.82, 2.24) is 9.29 Å². The highest BCUT2D eigenvalue weighted by Crippen LogP contribution is 2.30. The van der Waals surface area contributed by atoms with Gasteiger partial charge in [-0.15, -0.1) is 0 Å². The number of benzene rings is 1. The lowest BCUT2D eigenvalue weighted by molar-refractivity contribution is -0.384. The topological polar surface area (TPSA) is 123 Å². The van der Waals surface area contributed by atoms with E-state index in [0.29, 0.717) is 34.7 Å². The highest BCUT2D eigenvalue weighted by Gasteiger charge is 2.30. The van der Waals surface area contributed by atoms with Gasteiger partial charge in [-0.25, -0.2) is 17.7 Å². The molecule has 0 aliphatic carbocycles. The van der Waals surface area contributed by atoms with E-state index in [9.17, 15) is 23.3 Å². The second kappa shape index (κ2) is 6.65. The minimum Gasteiger partial charge on any atom is -0.302 e. The van der Waals surface area contributed by atoms with Crippen LogP contribution in [0.5, 0.6) is 0 Å². The average Bonchev–Trinajstić information content (AvgIpc) is 2.95.